The summed E-state index contributed by atoms with van der Waals surface area (Å²) in [7, 11) is 0. The number of carbonyl (C=O) groups is 1. The zero-order valence-corrected chi connectivity index (χ0v) is 14.1. The highest BCUT2D eigenvalue weighted by Crippen LogP contribution is 2.29. The van der Waals surface area contributed by atoms with Crippen LogP contribution in [0, 0.1) is 5.92 Å². The Labute approximate surface area is 144 Å². The molecule has 1 aliphatic rings. The molecule has 0 aliphatic carbocycles. The Bertz CT molecular complexity index is 731. The largest absolute Gasteiger partial charge is 0.334 e. The minimum Gasteiger partial charge on any atom is -0.334 e. The molecule has 0 radical (unpaired) electrons. The van der Waals surface area contributed by atoms with Crippen LogP contribution in [-0.4, -0.2) is 17.4 Å². The van der Waals surface area contributed by atoms with Gasteiger partial charge in [-0.1, -0.05) is 79.7 Å². The number of nitrogens with zero attached hydrogens (tertiary/aromatic N) is 1. The second-order valence-electron chi connectivity index (χ2n) is 6.12. The van der Waals surface area contributed by atoms with Crippen LogP contribution in [0.2, 0.25) is 0 Å². The van der Waals surface area contributed by atoms with Crippen molar-refractivity contribution in [1.82, 2.24) is 4.90 Å². The molecule has 2 aromatic rings. The Kier molecular flexibility index (Phi) is 5.27. The van der Waals surface area contributed by atoms with Gasteiger partial charge in [-0.25, -0.2) is 0 Å². The van der Waals surface area contributed by atoms with Crippen molar-refractivity contribution in [3.63, 3.8) is 0 Å². The third-order valence-electron chi connectivity index (χ3n) is 4.29. The van der Waals surface area contributed by atoms with Gasteiger partial charge in [0.25, 0.3) is 5.91 Å². The minimum absolute atomic E-state index is 0.147. The minimum atomic E-state index is 0.147. The Morgan fingerprint density at radius 3 is 2.38 bits per heavy atom. The Balaban J connectivity index is 1.86. The number of hydrogen-bond acceptors (Lipinski definition) is 1. The van der Waals surface area contributed by atoms with Crippen molar-refractivity contribution in [2.45, 2.75) is 19.9 Å². The topological polar surface area (TPSA) is 20.3 Å². The van der Waals surface area contributed by atoms with Gasteiger partial charge in [-0.3, -0.25) is 4.79 Å². The summed E-state index contributed by atoms with van der Waals surface area (Å²) in [6.07, 6.45) is 7.36. The monoisotopic (exact) mass is 317 g/mol. The molecule has 2 heteroatoms. The molecular formula is C22H23NO. The van der Waals surface area contributed by atoms with Crippen LogP contribution in [0.1, 0.15) is 24.5 Å². The van der Waals surface area contributed by atoms with E-state index in [0.717, 1.165) is 24.1 Å². The van der Waals surface area contributed by atoms with Crippen molar-refractivity contribution >= 4 is 12.0 Å². The van der Waals surface area contributed by atoms with Crippen LogP contribution in [-0.2, 0) is 11.3 Å². The van der Waals surface area contributed by atoms with E-state index >= 15 is 0 Å². The molecule has 24 heavy (non-hydrogen) atoms. The van der Waals surface area contributed by atoms with Crippen molar-refractivity contribution in [3.8, 4) is 0 Å². The van der Waals surface area contributed by atoms with Gasteiger partial charge in [0.05, 0.1) is 0 Å². The molecule has 1 heterocycles. The van der Waals surface area contributed by atoms with Crippen molar-refractivity contribution in [2.24, 2.45) is 5.92 Å². The second kappa shape index (κ2) is 7.78. The average molecular weight is 317 g/mol. The van der Waals surface area contributed by atoms with Gasteiger partial charge in [0.1, 0.15) is 0 Å². The van der Waals surface area contributed by atoms with E-state index in [1.807, 2.05) is 59.5 Å². The van der Waals surface area contributed by atoms with Crippen molar-refractivity contribution in [3.05, 3.63) is 89.5 Å². The molecule has 1 atom stereocenters. The maximum absolute atomic E-state index is 12.9. The SMILES string of the molecule is CC/C=C/C1CN(Cc2ccccc2)C(=O)/C1=C\c1ccccc1. The summed E-state index contributed by atoms with van der Waals surface area (Å²) in [6, 6.07) is 20.3. The molecule has 2 nitrogen and oxygen atoms in total. The van der Waals surface area contributed by atoms with Crippen LogP contribution in [0.25, 0.3) is 6.08 Å². The number of rotatable bonds is 5. The predicted octanol–water partition coefficient (Wildman–Crippen LogP) is 4.69. The molecule has 0 bridgehead atoms. The van der Waals surface area contributed by atoms with Crippen LogP contribution < -0.4 is 0 Å². The standard InChI is InChI=1S/C22H23NO/c1-2-3-14-20-17-23(16-19-12-8-5-9-13-19)22(24)21(20)15-18-10-6-4-7-11-18/h3-15,20H,2,16-17H2,1H3/b14-3+,21-15-. The highest BCUT2D eigenvalue weighted by molar-refractivity contribution is 6.01. The summed E-state index contributed by atoms with van der Waals surface area (Å²) in [6.45, 7) is 3.54. The zero-order valence-electron chi connectivity index (χ0n) is 14.1. The normalized spacial score (nSPS) is 19.5. The first-order chi connectivity index (χ1) is 11.8. The molecule has 0 saturated carbocycles. The number of carbonyl (C=O) groups excluding carboxylic acids is 1. The molecule has 3 rings (SSSR count). The van der Waals surface area contributed by atoms with Gasteiger partial charge in [-0.05, 0) is 23.6 Å². The molecule has 2 aromatic carbocycles. The maximum atomic E-state index is 12.9. The Hall–Kier alpha value is -2.61. The van der Waals surface area contributed by atoms with Gasteiger partial charge in [-0.15, -0.1) is 0 Å². The summed E-state index contributed by atoms with van der Waals surface area (Å²) in [4.78, 5) is 14.9. The third kappa shape index (κ3) is 3.83. The summed E-state index contributed by atoms with van der Waals surface area (Å²) >= 11 is 0. The predicted molar refractivity (Wildman–Crippen MR) is 99.2 cm³/mol. The first-order valence-electron chi connectivity index (χ1n) is 8.54. The molecule has 1 saturated heterocycles. The van der Waals surface area contributed by atoms with Gasteiger partial charge in [0.15, 0.2) is 0 Å². The molecule has 1 amide bonds. The summed E-state index contributed by atoms with van der Waals surface area (Å²) in [5.41, 5.74) is 3.14. The van der Waals surface area contributed by atoms with E-state index in [2.05, 4.69) is 31.2 Å². The molecule has 1 fully saturated rings. The van der Waals surface area contributed by atoms with E-state index in [0.29, 0.717) is 6.54 Å². The van der Waals surface area contributed by atoms with Gasteiger partial charge < -0.3 is 4.90 Å². The highest BCUT2D eigenvalue weighted by Gasteiger charge is 2.33. The van der Waals surface area contributed by atoms with Crippen molar-refractivity contribution in [1.29, 1.82) is 0 Å². The average Bonchev–Trinajstić information content (AvgIpc) is 2.91. The summed E-state index contributed by atoms with van der Waals surface area (Å²) in [5, 5.41) is 0. The van der Waals surface area contributed by atoms with Crippen LogP contribution >= 0.6 is 0 Å². The highest BCUT2D eigenvalue weighted by atomic mass is 16.2. The lowest BCUT2D eigenvalue weighted by molar-refractivity contribution is -0.125. The van der Waals surface area contributed by atoms with Gasteiger partial charge >= 0.3 is 0 Å². The first-order valence-corrected chi connectivity index (χ1v) is 8.54. The number of benzene rings is 2. The lowest BCUT2D eigenvalue weighted by Crippen LogP contribution is -2.24. The van der Waals surface area contributed by atoms with E-state index < -0.39 is 0 Å². The molecular weight excluding hydrogens is 294 g/mol. The summed E-state index contributed by atoms with van der Waals surface area (Å²) < 4.78 is 0. The van der Waals surface area contributed by atoms with Crippen LogP contribution in [0.3, 0.4) is 0 Å². The van der Waals surface area contributed by atoms with E-state index in [1.54, 1.807) is 0 Å². The third-order valence-corrected chi connectivity index (χ3v) is 4.29. The number of likely N-dealkylation sites (tertiary alicyclic amines) is 1. The number of allylic oxidation sites excluding steroid dienone is 1. The zero-order chi connectivity index (χ0) is 16.8. The van der Waals surface area contributed by atoms with Crippen molar-refractivity contribution < 1.29 is 4.79 Å². The fraction of sp³-hybridized carbons (Fsp3) is 0.227. The Morgan fingerprint density at radius 2 is 1.71 bits per heavy atom. The number of amides is 1. The molecule has 122 valence electrons. The van der Waals surface area contributed by atoms with E-state index in [1.165, 1.54) is 5.56 Å². The first kappa shape index (κ1) is 16.3. The fourth-order valence-electron chi connectivity index (χ4n) is 3.06. The van der Waals surface area contributed by atoms with E-state index in [4.69, 9.17) is 0 Å². The molecule has 1 aliphatic heterocycles. The molecule has 0 spiro atoms. The summed E-state index contributed by atoms with van der Waals surface area (Å²) in [5.74, 6) is 0.315. The molecule has 0 N–H and O–H groups in total. The second-order valence-corrected chi connectivity index (χ2v) is 6.12. The maximum Gasteiger partial charge on any atom is 0.250 e. The lowest BCUT2D eigenvalue weighted by atomic mass is 9.99. The van der Waals surface area contributed by atoms with Gasteiger partial charge in [-0.2, -0.15) is 0 Å². The van der Waals surface area contributed by atoms with Crippen LogP contribution in [0.5, 0.6) is 0 Å². The van der Waals surface area contributed by atoms with Crippen LogP contribution in [0.15, 0.2) is 78.4 Å². The lowest BCUT2D eigenvalue weighted by Gasteiger charge is -2.15. The van der Waals surface area contributed by atoms with Crippen molar-refractivity contribution in [2.75, 3.05) is 6.54 Å². The Morgan fingerprint density at radius 1 is 1.04 bits per heavy atom. The van der Waals surface area contributed by atoms with Crippen LogP contribution in [0.4, 0.5) is 0 Å². The van der Waals surface area contributed by atoms with E-state index in [-0.39, 0.29) is 11.8 Å². The van der Waals surface area contributed by atoms with Gasteiger partial charge in [0.2, 0.25) is 0 Å². The molecule has 0 aromatic heterocycles. The molecule has 1 unspecified atom stereocenters. The number of hydrogen-bond donors (Lipinski definition) is 0. The quantitative estimate of drug-likeness (QED) is 0.578. The van der Waals surface area contributed by atoms with Gasteiger partial charge in [0, 0.05) is 24.6 Å². The fourth-order valence-corrected chi connectivity index (χ4v) is 3.06. The smallest absolute Gasteiger partial charge is 0.250 e. The van der Waals surface area contributed by atoms with E-state index in [9.17, 15) is 4.79 Å².